The molecule has 1 rings (SSSR count). The molecule has 1 N–H and O–H groups in total. The zero-order valence-electron chi connectivity index (χ0n) is 21.1. The maximum Gasteiger partial charge on any atom is 0.305 e. The standard InChI is InChI=1S/C27H48O4S/c1-5-7-9-11-13-15-17-19-24-21-22-26(31-27(3,4)32(28,29)30)25(23-24)20-18-16-14-12-10-8-6-2/h21-23H,5-20H2,1-4H3,(H,28,29,30). The minimum atomic E-state index is -4.32. The Labute approximate surface area is 198 Å². The molecule has 0 radical (unpaired) electrons. The quantitative estimate of drug-likeness (QED) is 0.164. The zero-order chi connectivity index (χ0) is 23.9. The van der Waals surface area contributed by atoms with Crippen molar-refractivity contribution in [2.75, 3.05) is 0 Å². The topological polar surface area (TPSA) is 63.6 Å². The van der Waals surface area contributed by atoms with Crippen LogP contribution in [0.5, 0.6) is 5.75 Å². The molecule has 0 aliphatic carbocycles. The van der Waals surface area contributed by atoms with Crippen molar-refractivity contribution >= 4 is 10.1 Å². The summed E-state index contributed by atoms with van der Waals surface area (Å²) in [5.41, 5.74) is 2.34. The van der Waals surface area contributed by atoms with Gasteiger partial charge >= 0.3 is 10.1 Å². The van der Waals surface area contributed by atoms with Crippen LogP contribution in [0.4, 0.5) is 0 Å². The second kappa shape index (κ2) is 15.7. The summed E-state index contributed by atoms with van der Waals surface area (Å²) in [5, 5.41) is 0. The van der Waals surface area contributed by atoms with Crippen LogP contribution in [-0.4, -0.2) is 17.9 Å². The van der Waals surface area contributed by atoms with Crippen LogP contribution >= 0.6 is 0 Å². The smallest absolute Gasteiger partial charge is 0.305 e. The molecule has 5 heteroatoms. The van der Waals surface area contributed by atoms with Gasteiger partial charge in [0, 0.05) is 0 Å². The number of hydrogen-bond donors (Lipinski definition) is 1. The van der Waals surface area contributed by atoms with E-state index < -0.39 is 15.1 Å². The molecule has 186 valence electrons. The lowest BCUT2D eigenvalue weighted by Crippen LogP contribution is -2.37. The molecule has 0 bridgehead atoms. The van der Waals surface area contributed by atoms with E-state index in [1.807, 2.05) is 12.1 Å². The Hall–Kier alpha value is -1.07. The van der Waals surface area contributed by atoms with E-state index in [9.17, 15) is 13.0 Å². The lowest BCUT2D eigenvalue weighted by molar-refractivity contribution is 0.177. The lowest BCUT2D eigenvalue weighted by Gasteiger charge is -2.25. The van der Waals surface area contributed by atoms with Gasteiger partial charge in [-0.15, -0.1) is 0 Å². The minimum Gasteiger partial charge on any atom is -0.469 e. The van der Waals surface area contributed by atoms with Crippen LogP contribution in [-0.2, 0) is 23.0 Å². The third-order valence-corrected chi connectivity index (χ3v) is 7.55. The second-order valence-corrected chi connectivity index (χ2v) is 11.6. The highest BCUT2D eigenvalue weighted by molar-refractivity contribution is 7.87. The maximum atomic E-state index is 11.7. The predicted molar refractivity (Wildman–Crippen MR) is 136 cm³/mol. The molecule has 0 aromatic heterocycles. The molecule has 0 unspecified atom stereocenters. The van der Waals surface area contributed by atoms with Crippen molar-refractivity contribution in [1.29, 1.82) is 0 Å². The van der Waals surface area contributed by atoms with Gasteiger partial charge in [-0.1, -0.05) is 103 Å². The Morgan fingerprint density at radius 3 is 1.72 bits per heavy atom. The third-order valence-electron chi connectivity index (χ3n) is 6.22. The normalized spacial score (nSPS) is 12.3. The van der Waals surface area contributed by atoms with Gasteiger partial charge in [-0.2, -0.15) is 8.42 Å². The van der Waals surface area contributed by atoms with Crippen LogP contribution < -0.4 is 4.74 Å². The largest absolute Gasteiger partial charge is 0.469 e. The van der Waals surface area contributed by atoms with E-state index >= 15 is 0 Å². The molecule has 0 aliphatic rings. The van der Waals surface area contributed by atoms with Crippen molar-refractivity contribution < 1.29 is 17.7 Å². The minimum absolute atomic E-state index is 0.571. The van der Waals surface area contributed by atoms with Crippen molar-refractivity contribution in [3.05, 3.63) is 29.3 Å². The molecule has 0 spiro atoms. The summed E-state index contributed by atoms with van der Waals surface area (Å²) in [5.74, 6) is 0.571. The summed E-state index contributed by atoms with van der Waals surface area (Å²) in [6.45, 7) is 7.27. The van der Waals surface area contributed by atoms with Gasteiger partial charge in [-0.3, -0.25) is 4.55 Å². The molecular weight excluding hydrogens is 420 g/mol. The molecule has 4 nitrogen and oxygen atoms in total. The summed E-state index contributed by atoms with van der Waals surface area (Å²) in [6, 6.07) is 6.12. The SMILES string of the molecule is CCCCCCCCCc1ccc(OC(C)(C)S(=O)(=O)O)c(CCCCCCCCC)c1. The summed E-state index contributed by atoms with van der Waals surface area (Å²) < 4.78 is 38.8. The number of rotatable bonds is 19. The van der Waals surface area contributed by atoms with Gasteiger partial charge in [0.1, 0.15) is 5.75 Å². The molecule has 0 heterocycles. The molecule has 0 aliphatic heterocycles. The fraction of sp³-hybridized carbons (Fsp3) is 0.778. The Kier molecular flexibility index (Phi) is 14.2. The van der Waals surface area contributed by atoms with Crippen molar-refractivity contribution in [2.45, 2.75) is 135 Å². The van der Waals surface area contributed by atoms with Gasteiger partial charge in [0.25, 0.3) is 0 Å². The van der Waals surface area contributed by atoms with Gasteiger partial charge in [-0.25, -0.2) is 0 Å². The van der Waals surface area contributed by atoms with Gasteiger partial charge < -0.3 is 4.74 Å². The Morgan fingerprint density at radius 2 is 1.22 bits per heavy atom. The zero-order valence-corrected chi connectivity index (χ0v) is 21.9. The monoisotopic (exact) mass is 468 g/mol. The van der Waals surface area contributed by atoms with Crippen LogP contribution in [0.25, 0.3) is 0 Å². The maximum absolute atomic E-state index is 11.7. The predicted octanol–water partition coefficient (Wildman–Crippen LogP) is 8.28. The molecule has 0 fully saturated rings. The van der Waals surface area contributed by atoms with Gasteiger partial charge in [-0.05, 0) is 56.7 Å². The van der Waals surface area contributed by atoms with Crippen molar-refractivity contribution in [3.8, 4) is 5.75 Å². The third kappa shape index (κ3) is 11.7. The fourth-order valence-corrected chi connectivity index (χ4v) is 4.15. The van der Waals surface area contributed by atoms with Gasteiger partial charge in [0.15, 0.2) is 0 Å². The highest BCUT2D eigenvalue weighted by Crippen LogP contribution is 2.29. The summed E-state index contributed by atoms with van der Waals surface area (Å²) >= 11 is 0. The van der Waals surface area contributed by atoms with Crippen molar-refractivity contribution in [2.24, 2.45) is 0 Å². The first-order valence-electron chi connectivity index (χ1n) is 13.0. The van der Waals surface area contributed by atoms with Crippen LogP contribution in [0, 0.1) is 0 Å². The average molecular weight is 469 g/mol. The molecule has 32 heavy (non-hydrogen) atoms. The molecule has 0 atom stereocenters. The van der Waals surface area contributed by atoms with Gasteiger partial charge in [0.2, 0.25) is 4.93 Å². The first-order valence-corrected chi connectivity index (χ1v) is 14.4. The van der Waals surface area contributed by atoms with E-state index in [4.69, 9.17) is 4.74 Å². The van der Waals surface area contributed by atoms with Gasteiger partial charge in [0.05, 0.1) is 0 Å². The molecular formula is C27H48O4S. The van der Waals surface area contributed by atoms with E-state index in [0.717, 1.165) is 24.8 Å². The Morgan fingerprint density at radius 1 is 0.750 bits per heavy atom. The number of benzene rings is 1. The lowest BCUT2D eigenvalue weighted by atomic mass is 9.99. The van der Waals surface area contributed by atoms with E-state index in [1.165, 1.54) is 103 Å². The number of ether oxygens (including phenoxy) is 1. The van der Waals surface area contributed by atoms with Crippen LogP contribution in [0.3, 0.4) is 0 Å². The highest BCUT2D eigenvalue weighted by Gasteiger charge is 2.35. The average Bonchev–Trinajstić information content (AvgIpc) is 2.73. The van der Waals surface area contributed by atoms with Crippen LogP contribution in [0.1, 0.15) is 129 Å². The van der Waals surface area contributed by atoms with E-state index in [0.29, 0.717) is 5.75 Å². The van der Waals surface area contributed by atoms with E-state index in [-0.39, 0.29) is 0 Å². The highest BCUT2D eigenvalue weighted by atomic mass is 32.2. The molecule has 0 saturated heterocycles. The summed E-state index contributed by atoms with van der Waals surface area (Å²) in [4.78, 5) is -1.66. The van der Waals surface area contributed by atoms with Crippen LogP contribution in [0.2, 0.25) is 0 Å². The number of hydrogen-bond acceptors (Lipinski definition) is 3. The van der Waals surface area contributed by atoms with E-state index in [1.54, 1.807) is 0 Å². The number of unbranched alkanes of at least 4 members (excludes halogenated alkanes) is 12. The Bertz CT molecular complexity index is 725. The fourth-order valence-electron chi connectivity index (χ4n) is 3.96. The molecule has 0 amide bonds. The van der Waals surface area contributed by atoms with Crippen molar-refractivity contribution in [1.82, 2.24) is 0 Å². The summed E-state index contributed by atoms with van der Waals surface area (Å²) in [7, 11) is -4.32. The first-order chi connectivity index (χ1) is 15.2. The molecule has 0 saturated carbocycles. The summed E-state index contributed by atoms with van der Waals surface area (Å²) in [6.07, 6.45) is 19.6. The second-order valence-electron chi connectivity index (χ2n) is 9.66. The number of aryl methyl sites for hydroxylation is 2. The Balaban J connectivity index is 2.70. The molecule has 1 aromatic rings. The van der Waals surface area contributed by atoms with Crippen molar-refractivity contribution in [3.63, 3.8) is 0 Å². The van der Waals surface area contributed by atoms with E-state index in [2.05, 4.69) is 19.9 Å². The first kappa shape index (κ1) is 29.0. The molecule has 1 aromatic carbocycles. The van der Waals surface area contributed by atoms with Crippen LogP contribution in [0.15, 0.2) is 18.2 Å².